The van der Waals surface area contributed by atoms with Gasteiger partial charge in [-0.1, -0.05) is 29.8 Å². The van der Waals surface area contributed by atoms with Gasteiger partial charge in [-0.3, -0.25) is 0 Å². The highest BCUT2D eigenvalue weighted by atomic mass is 32.2. The van der Waals surface area contributed by atoms with Gasteiger partial charge in [0.05, 0.1) is 11.5 Å². The Morgan fingerprint density at radius 1 is 1.27 bits per heavy atom. The highest BCUT2D eigenvalue weighted by Gasteiger charge is 2.09. The van der Waals surface area contributed by atoms with Crippen LogP contribution in [0.15, 0.2) is 24.3 Å². The maximum Gasteiger partial charge on any atom is 0.151 e. The van der Waals surface area contributed by atoms with Gasteiger partial charge in [0, 0.05) is 6.54 Å². The van der Waals surface area contributed by atoms with E-state index in [0.717, 1.165) is 11.1 Å². The molecule has 0 radical (unpaired) electrons. The van der Waals surface area contributed by atoms with Crippen LogP contribution in [-0.2, 0) is 16.3 Å². The zero-order valence-corrected chi connectivity index (χ0v) is 9.76. The molecule has 0 unspecified atom stereocenters. The maximum absolute atomic E-state index is 11.4. The van der Waals surface area contributed by atoms with Crippen molar-refractivity contribution in [3.63, 3.8) is 0 Å². The van der Waals surface area contributed by atoms with Gasteiger partial charge in [-0.2, -0.15) is 0 Å². The summed E-state index contributed by atoms with van der Waals surface area (Å²) in [5.74, 6) is 0.270. The average molecular weight is 227 g/mol. The monoisotopic (exact) mass is 227 g/mol. The number of nitrogens with two attached hydrogens (primary N) is 1. The van der Waals surface area contributed by atoms with Gasteiger partial charge in [-0.05, 0) is 18.9 Å². The standard InChI is InChI=1S/C11H17NO2S/c1-10-3-2-4-11(9-10)5-7-15(13,14)8-6-12/h2-4,9H,5-8,12H2,1H3. The second-order valence-electron chi connectivity index (χ2n) is 3.68. The Labute approximate surface area is 91.2 Å². The molecule has 0 heterocycles. The van der Waals surface area contributed by atoms with Crippen LogP contribution in [0.1, 0.15) is 11.1 Å². The van der Waals surface area contributed by atoms with Crippen molar-refractivity contribution in [1.82, 2.24) is 0 Å². The van der Waals surface area contributed by atoms with Gasteiger partial charge in [0.1, 0.15) is 0 Å². The van der Waals surface area contributed by atoms with E-state index in [9.17, 15) is 8.42 Å². The van der Waals surface area contributed by atoms with Crippen LogP contribution >= 0.6 is 0 Å². The third-order valence-electron chi connectivity index (χ3n) is 2.21. The van der Waals surface area contributed by atoms with E-state index in [0.29, 0.717) is 6.42 Å². The van der Waals surface area contributed by atoms with Crippen molar-refractivity contribution in [2.24, 2.45) is 5.73 Å². The molecule has 1 aromatic rings. The van der Waals surface area contributed by atoms with E-state index in [-0.39, 0.29) is 18.1 Å². The summed E-state index contributed by atoms with van der Waals surface area (Å²) >= 11 is 0. The van der Waals surface area contributed by atoms with Gasteiger partial charge in [-0.25, -0.2) is 8.42 Å². The summed E-state index contributed by atoms with van der Waals surface area (Å²) < 4.78 is 22.8. The minimum absolute atomic E-state index is 0.0822. The first-order valence-electron chi connectivity index (χ1n) is 4.99. The minimum Gasteiger partial charge on any atom is -0.329 e. The Morgan fingerprint density at radius 2 is 2.00 bits per heavy atom. The molecular formula is C11H17NO2S. The lowest BCUT2D eigenvalue weighted by Gasteiger charge is -2.03. The third kappa shape index (κ3) is 4.44. The first kappa shape index (κ1) is 12.2. The molecule has 4 heteroatoms. The van der Waals surface area contributed by atoms with Crippen LogP contribution in [0, 0.1) is 6.92 Å². The fourth-order valence-electron chi connectivity index (χ4n) is 1.42. The molecule has 0 bridgehead atoms. The van der Waals surface area contributed by atoms with Crippen LogP contribution in [0.5, 0.6) is 0 Å². The van der Waals surface area contributed by atoms with Crippen molar-refractivity contribution >= 4 is 9.84 Å². The lowest BCUT2D eigenvalue weighted by atomic mass is 10.1. The first-order chi connectivity index (χ1) is 7.03. The van der Waals surface area contributed by atoms with Crippen molar-refractivity contribution in [3.8, 4) is 0 Å². The second kappa shape index (κ2) is 5.28. The Bertz CT molecular complexity index is 412. The molecule has 84 valence electrons. The molecule has 15 heavy (non-hydrogen) atoms. The fourth-order valence-corrected chi connectivity index (χ4v) is 2.53. The predicted molar refractivity (Wildman–Crippen MR) is 62.6 cm³/mol. The minimum atomic E-state index is -2.97. The zero-order valence-electron chi connectivity index (χ0n) is 8.94. The summed E-state index contributed by atoms with van der Waals surface area (Å²) in [7, 11) is -2.97. The molecule has 0 amide bonds. The first-order valence-corrected chi connectivity index (χ1v) is 6.82. The molecule has 0 aliphatic carbocycles. The topological polar surface area (TPSA) is 60.2 Å². The average Bonchev–Trinajstić information content (AvgIpc) is 2.15. The summed E-state index contributed by atoms with van der Waals surface area (Å²) in [4.78, 5) is 0. The van der Waals surface area contributed by atoms with Crippen LogP contribution in [0.2, 0.25) is 0 Å². The van der Waals surface area contributed by atoms with Gasteiger partial charge in [0.15, 0.2) is 9.84 Å². The van der Waals surface area contributed by atoms with E-state index >= 15 is 0 Å². The number of hydrogen-bond acceptors (Lipinski definition) is 3. The molecule has 3 nitrogen and oxygen atoms in total. The SMILES string of the molecule is Cc1cccc(CCS(=O)(=O)CCN)c1. The molecule has 0 aromatic heterocycles. The van der Waals surface area contributed by atoms with Crippen molar-refractivity contribution in [2.45, 2.75) is 13.3 Å². The lowest BCUT2D eigenvalue weighted by Crippen LogP contribution is -2.19. The molecule has 0 spiro atoms. The van der Waals surface area contributed by atoms with Crippen LogP contribution in [0.25, 0.3) is 0 Å². The van der Waals surface area contributed by atoms with Crippen molar-refractivity contribution in [1.29, 1.82) is 0 Å². The van der Waals surface area contributed by atoms with E-state index in [2.05, 4.69) is 0 Å². The Hall–Kier alpha value is -0.870. The summed E-state index contributed by atoms with van der Waals surface area (Å²) in [6.45, 7) is 2.20. The number of aryl methyl sites for hydroxylation is 2. The Kier molecular flexibility index (Phi) is 4.29. The van der Waals surface area contributed by atoms with E-state index < -0.39 is 9.84 Å². The summed E-state index contributed by atoms with van der Waals surface area (Å²) in [5, 5.41) is 0. The van der Waals surface area contributed by atoms with Crippen LogP contribution in [0.4, 0.5) is 0 Å². The van der Waals surface area contributed by atoms with Gasteiger partial charge in [0.2, 0.25) is 0 Å². The van der Waals surface area contributed by atoms with Crippen LogP contribution in [-0.4, -0.2) is 26.5 Å². The second-order valence-corrected chi connectivity index (χ2v) is 5.98. The van der Waals surface area contributed by atoms with Gasteiger partial charge < -0.3 is 5.73 Å². The fraction of sp³-hybridized carbons (Fsp3) is 0.455. The van der Waals surface area contributed by atoms with E-state index in [4.69, 9.17) is 5.73 Å². The normalized spacial score (nSPS) is 11.6. The predicted octanol–water partition coefficient (Wildman–Crippen LogP) is 0.911. The number of hydrogen-bond donors (Lipinski definition) is 1. The number of sulfone groups is 1. The Balaban J connectivity index is 2.58. The lowest BCUT2D eigenvalue weighted by molar-refractivity contribution is 0.595. The molecule has 0 fully saturated rings. The van der Waals surface area contributed by atoms with Crippen molar-refractivity contribution in [3.05, 3.63) is 35.4 Å². The largest absolute Gasteiger partial charge is 0.329 e. The molecule has 0 saturated heterocycles. The van der Waals surface area contributed by atoms with Crippen molar-refractivity contribution < 1.29 is 8.42 Å². The van der Waals surface area contributed by atoms with Gasteiger partial charge in [-0.15, -0.1) is 0 Å². The zero-order chi connectivity index (χ0) is 11.3. The molecule has 0 atom stereocenters. The maximum atomic E-state index is 11.4. The van der Waals surface area contributed by atoms with Crippen molar-refractivity contribution in [2.75, 3.05) is 18.1 Å². The summed E-state index contributed by atoms with van der Waals surface area (Å²) in [5.41, 5.74) is 7.45. The summed E-state index contributed by atoms with van der Waals surface area (Å²) in [6.07, 6.45) is 0.573. The highest BCUT2D eigenvalue weighted by molar-refractivity contribution is 7.91. The molecule has 2 N–H and O–H groups in total. The van der Waals surface area contributed by atoms with Crippen LogP contribution < -0.4 is 5.73 Å². The number of rotatable bonds is 5. The molecule has 0 aliphatic heterocycles. The number of benzene rings is 1. The highest BCUT2D eigenvalue weighted by Crippen LogP contribution is 2.06. The third-order valence-corrected chi connectivity index (χ3v) is 3.90. The molecular weight excluding hydrogens is 210 g/mol. The summed E-state index contributed by atoms with van der Waals surface area (Å²) in [6, 6.07) is 7.90. The van der Waals surface area contributed by atoms with Crippen LogP contribution in [0.3, 0.4) is 0 Å². The van der Waals surface area contributed by atoms with Gasteiger partial charge >= 0.3 is 0 Å². The molecule has 1 rings (SSSR count). The molecule has 0 aliphatic rings. The smallest absolute Gasteiger partial charge is 0.151 e. The van der Waals surface area contributed by atoms with E-state index in [1.165, 1.54) is 0 Å². The quantitative estimate of drug-likeness (QED) is 0.813. The molecule has 1 aromatic carbocycles. The van der Waals surface area contributed by atoms with E-state index in [1.807, 2.05) is 31.2 Å². The molecule has 0 saturated carbocycles. The van der Waals surface area contributed by atoms with E-state index in [1.54, 1.807) is 0 Å². The Morgan fingerprint density at radius 3 is 2.60 bits per heavy atom. The van der Waals surface area contributed by atoms with Gasteiger partial charge in [0.25, 0.3) is 0 Å².